The van der Waals surface area contributed by atoms with E-state index in [4.69, 9.17) is 15.2 Å². The second-order valence-electron chi connectivity index (χ2n) is 5.90. The number of ether oxygens (including phenoxy) is 2. The van der Waals surface area contributed by atoms with Crippen LogP contribution in [0.5, 0.6) is 0 Å². The van der Waals surface area contributed by atoms with Gasteiger partial charge in [0.25, 0.3) is 0 Å². The van der Waals surface area contributed by atoms with E-state index in [1.807, 2.05) is 45.0 Å². The number of hydrogen-bond acceptors (Lipinski definition) is 4. The van der Waals surface area contributed by atoms with Gasteiger partial charge in [0.15, 0.2) is 0 Å². The summed E-state index contributed by atoms with van der Waals surface area (Å²) in [6.07, 6.45) is 0.303. The van der Waals surface area contributed by atoms with Crippen LogP contribution in [-0.4, -0.2) is 25.2 Å². The van der Waals surface area contributed by atoms with E-state index in [1.54, 1.807) is 7.11 Å². The molecule has 2 N–H and O–H groups in total. The molecular weight excluding hydrogens is 254 g/mol. The fraction of sp³-hybridized carbons (Fsp3) is 0.562. The molecule has 1 rings (SSSR count). The summed E-state index contributed by atoms with van der Waals surface area (Å²) in [6.45, 7) is 6.59. The highest BCUT2D eigenvalue weighted by Gasteiger charge is 2.20. The van der Waals surface area contributed by atoms with Crippen LogP contribution in [0.15, 0.2) is 24.3 Å². The first-order valence-electron chi connectivity index (χ1n) is 6.85. The summed E-state index contributed by atoms with van der Waals surface area (Å²) in [4.78, 5) is 11.9. The molecule has 0 heterocycles. The Morgan fingerprint density at radius 2 is 1.85 bits per heavy atom. The molecule has 0 aromatic heterocycles. The molecule has 0 saturated heterocycles. The number of methoxy groups -OCH3 is 1. The quantitative estimate of drug-likeness (QED) is 0.813. The molecule has 0 aliphatic heterocycles. The lowest BCUT2D eigenvalue weighted by molar-refractivity contribution is -0.155. The second kappa shape index (κ2) is 7.41. The topological polar surface area (TPSA) is 61.5 Å². The molecule has 1 unspecified atom stereocenters. The molecular formula is C16H25NO3. The number of benzene rings is 1. The number of nitrogens with two attached hydrogens (primary N) is 1. The van der Waals surface area contributed by atoms with E-state index in [1.165, 1.54) is 0 Å². The lowest BCUT2D eigenvalue weighted by Gasteiger charge is -2.22. The Bertz CT molecular complexity index is 420. The van der Waals surface area contributed by atoms with Crippen molar-refractivity contribution >= 4 is 5.97 Å². The van der Waals surface area contributed by atoms with Crippen molar-refractivity contribution in [2.45, 2.75) is 45.3 Å². The van der Waals surface area contributed by atoms with Gasteiger partial charge in [-0.05, 0) is 38.4 Å². The summed E-state index contributed by atoms with van der Waals surface area (Å²) >= 11 is 0. The largest absolute Gasteiger partial charge is 0.460 e. The smallest absolute Gasteiger partial charge is 0.306 e. The first-order chi connectivity index (χ1) is 9.35. The van der Waals surface area contributed by atoms with Crippen molar-refractivity contribution in [1.29, 1.82) is 0 Å². The van der Waals surface area contributed by atoms with Crippen LogP contribution in [0.25, 0.3) is 0 Å². The number of rotatable bonds is 6. The van der Waals surface area contributed by atoms with Crippen molar-refractivity contribution in [2.24, 2.45) is 5.73 Å². The Morgan fingerprint density at radius 3 is 2.30 bits per heavy atom. The predicted molar refractivity (Wildman–Crippen MR) is 79.4 cm³/mol. The fourth-order valence-corrected chi connectivity index (χ4v) is 1.97. The monoisotopic (exact) mass is 279 g/mol. The molecule has 0 aliphatic rings. The highest BCUT2D eigenvalue weighted by molar-refractivity contribution is 5.71. The third-order valence-electron chi connectivity index (χ3n) is 2.88. The maximum absolute atomic E-state index is 11.9. The Kier molecular flexibility index (Phi) is 6.17. The van der Waals surface area contributed by atoms with Crippen LogP contribution in [0.4, 0.5) is 0 Å². The van der Waals surface area contributed by atoms with Gasteiger partial charge in [-0.15, -0.1) is 0 Å². The predicted octanol–water partition coefficient (Wildman–Crippen LogP) is 2.61. The minimum Gasteiger partial charge on any atom is -0.460 e. The lowest BCUT2D eigenvalue weighted by Crippen LogP contribution is -2.26. The van der Waals surface area contributed by atoms with Crippen molar-refractivity contribution in [3.8, 4) is 0 Å². The maximum atomic E-state index is 11.9. The minimum atomic E-state index is -0.460. The Morgan fingerprint density at radius 1 is 1.25 bits per heavy atom. The molecule has 112 valence electrons. The standard InChI is InChI=1S/C16H25NO3/c1-16(2,3)20-15(18)9-14(10-17)13-7-5-12(6-8-13)11-19-4/h5-8,14H,9-11,17H2,1-4H3. The molecule has 1 aromatic carbocycles. The van der Waals surface area contributed by atoms with Gasteiger partial charge < -0.3 is 15.2 Å². The van der Waals surface area contributed by atoms with E-state index in [-0.39, 0.29) is 11.9 Å². The van der Waals surface area contributed by atoms with Crippen LogP contribution in [0, 0.1) is 0 Å². The van der Waals surface area contributed by atoms with Gasteiger partial charge in [0.2, 0.25) is 0 Å². The van der Waals surface area contributed by atoms with Crippen LogP contribution in [0.2, 0.25) is 0 Å². The van der Waals surface area contributed by atoms with Crippen LogP contribution in [-0.2, 0) is 20.9 Å². The minimum absolute atomic E-state index is 0.0126. The number of hydrogen-bond donors (Lipinski definition) is 1. The van der Waals surface area contributed by atoms with E-state index in [9.17, 15) is 4.79 Å². The van der Waals surface area contributed by atoms with Gasteiger partial charge in [0.05, 0.1) is 13.0 Å². The van der Waals surface area contributed by atoms with E-state index < -0.39 is 5.60 Å². The Labute approximate surface area is 121 Å². The van der Waals surface area contributed by atoms with Crippen molar-refractivity contribution in [3.63, 3.8) is 0 Å². The molecule has 0 bridgehead atoms. The Hall–Kier alpha value is -1.39. The zero-order valence-corrected chi connectivity index (χ0v) is 12.8. The van der Waals surface area contributed by atoms with Crippen molar-refractivity contribution in [1.82, 2.24) is 0 Å². The lowest BCUT2D eigenvalue weighted by atomic mass is 9.95. The van der Waals surface area contributed by atoms with E-state index in [2.05, 4.69) is 0 Å². The fourth-order valence-electron chi connectivity index (χ4n) is 1.97. The number of carbonyl (C=O) groups excluding carboxylic acids is 1. The SMILES string of the molecule is COCc1ccc(C(CN)CC(=O)OC(C)(C)C)cc1. The number of esters is 1. The van der Waals surface area contributed by atoms with Crippen LogP contribution >= 0.6 is 0 Å². The third kappa shape index (κ3) is 5.72. The first-order valence-corrected chi connectivity index (χ1v) is 6.85. The van der Waals surface area contributed by atoms with E-state index >= 15 is 0 Å². The van der Waals surface area contributed by atoms with E-state index in [0.29, 0.717) is 19.6 Å². The summed E-state index contributed by atoms with van der Waals surface area (Å²) in [5, 5.41) is 0. The van der Waals surface area contributed by atoms with Gasteiger partial charge in [0, 0.05) is 13.0 Å². The average Bonchev–Trinajstić information content (AvgIpc) is 2.35. The van der Waals surface area contributed by atoms with Gasteiger partial charge in [0.1, 0.15) is 5.60 Å². The maximum Gasteiger partial charge on any atom is 0.306 e. The summed E-state index contributed by atoms with van der Waals surface area (Å²) in [5.41, 5.74) is 7.48. The summed E-state index contributed by atoms with van der Waals surface area (Å²) < 4.78 is 10.4. The Balaban J connectivity index is 2.68. The van der Waals surface area contributed by atoms with Crippen molar-refractivity contribution in [3.05, 3.63) is 35.4 Å². The molecule has 0 fully saturated rings. The molecule has 0 amide bonds. The molecule has 0 aliphatic carbocycles. The summed E-state index contributed by atoms with van der Waals surface area (Å²) in [5.74, 6) is -0.227. The molecule has 0 saturated carbocycles. The third-order valence-corrected chi connectivity index (χ3v) is 2.88. The highest BCUT2D eigenvalue weighted by Crippen LogP contribution is 2.21. The molecule has 0 radical (unpaired) electrons. The molecule has 1 aromatic rings. The van der Waals surface area contributed by atoms with Crippen LogP contribution in [0.1, 0.15) is 44.2 Å². The zero-order chi connectivity index (χ0) is 15.2. The normalized spacial score (nSPS) is 13.1. The first kappa shape index (κ1) is 16.7. The zero-order valence-electron chi connectivity index (χ0n) is 12.8. The number of carbonyl (C=O) groups is 1. The summed E-state index contributed by atoms with van der Waals surface area (Å²) in [7, 11) is 1.67. The second-order valence-corrected chi connectivity index (χ2v) is 5.90. The van der Waals surface area contributed by atoms with Gasteiger partial charge in [-0.1, -0.05) is 24.3 Å². The van der Waals surface area contributed by atoms with E-state index in [0.717, 1.165) is 11.1 Å². The molecule has 4 heteroatoms. The van der Waals surface area contributed by atoms with Crippen LogP contribution < -0.4 is 5.73 Å². The van der Waals surface area contributed by atoms with Crippen LogP contribution in [0.3, 0.4) is 0 Å². The van der Waals surface area contributed by atoms with Crippen molar-refractivity contribution in [2.75, 3.05) is 13.7 Å². The van der Waals surface area contributed by atoms with Gasteiger partial charge in [-0.25, -0.2) is 0 Å². The van der Waals surface area contributed by atoms with Gasteiger partial charge >= 0.3 is 5.97 Å². The van der Waals surface area contributed by atoms with Crippen molar-refractivity contribution < 1.29 is 14.3 Å². The van der Waals surface area contributed by atoms with Gasteiger partial charge in [-0.2, -0.15) is 0 Å². The molecule has 20 heavy (non-hydrogen) atoms. The average molecular weight is 279 g/mol. The molecule has 4 nitrogen and oxygen atoms in total. The molecule has 0 spiro atoms. The summed E-state index contributed by atoms with van der Waals surface area (Å²) in [6, 6.07) is 7.99. The van der Waals surface area contributed by atoms with Gasteiger partial charge in [-0.3, -0.25) is 4.79 Å². The highest BCUT2D eigenvalue weighted by atomic mass is 16.6. The molecule has 1 atom stereocenters.